The maximum Gasteiger partial charge on any atom is 0.350 e. The van der Waals surface area contributed by atoms with Crippen LogP contribution >= 0.6 is 11.3 Å². The monoisotopic (exact) mass is 496 g/mol. The number of carbonyl (C=O) groups is 3. The second kappa shape index (κ2) is 9.30. The van der Waals surface area contributed by atoms with Crippen LogP contribution in [0, 0.1) is 19.7 Å². The zero-order chi connectivity index (χ0) is 25.4. The molecular formula is C25H21FN2O6S. The molecule has 2 heterocycles. The van der Waals surface area contributed by atoms with Gasteiger partial charge in [-0.15, -0.1) is 0 Å². The predicted molar refractivity (Wildman–Crippen MR) is 127 cm³/mol. The van der Waals surface area contributed by atoms with Crippen LogP contribution in [0.5, 0.6) is 5.75 Å². The molecular weight excluding hydrogens is 475 g/mol. The van der Waals surface area contributed by atoms with E-state index in [1.807, 2.05) is 0 Å². The number of nitrogens with zero attached hydrogens (tertiary/aromatic N) is 2. The number of esters is 1. The maximum absolute atomic E-state index is 15.0. The van der Waals surface area contributed by atoms with Crippen molar-refractivity contribution in [2.45, 2.75) is 19.9 Å². The average molecular weight is 497 g/mol. The molecule has 35 heavy (non-hydrogen) atoms. The zero-order valence-electron chi connectivity index (χ0n) is 19.3. The van der Waals surface area contributed by atoms with Gasteiger partial charge in [-0.2, -0.15) is 0 Å². The number of rotatable bonds is 5. The smallest absolute Gasteiger partial charge is 0.350 e. The van der Waals surface area contributed by atoms with E-state index in [1.165, 1.54) is 38.5 Å². The molecule has 180 valence electrons. The Morgan fingerprint density at radius 1 is 1.14 bits per heavy atom. The first-order valence-corrected chi connectivity index (χ1v) is 11.3. The molecule has 2 aromatic carbocycles. The summed E-state index contributed by atoms with van der Waals surface area (Å²) < 4.78 is 25.0. The molecule has 1 aliphatic rings. The topological polar surface area (TPSA) is 106 Å². The normalized spacial score (nSPS) is 17.1. The van der Waals surface area contributed by atoms with Crippen LogP contribution in [0.2, 0.25) is 0 Å². The van der Waals surface area contributed by atoms with Gasteiger partial charge in [0.15, 0.2) is 5.13 Å². The van der Waals surface area contributed by atoms with Crippen molar-refractivity contribution in [3.05, 3.63) is 81.1 Å². The van der Waals surface area contributed by atoms with Crippen LogP contribution in [-0.4, -0.2) is 42.0 Å². The lowest BCUT2D eigenvalue weighted by atomic mass is 9.94. The summed E-state index contributed by atoms with van der Waals surface area (Å²) in [6.45, 7) is 3.32. The van der Waals surface area contributed by atoms with Crippen molar-refractivity contribution in [3.63, 3.8) is 0 Å². The molecule has 0 bridgehead atoms. The molecule has 1 saturated heterocycles. The molecule has 1 fully saturated rings. The van der Waals surface area contributed by atoms with Crippen LogP contribution in [0.15, 0.2) is 48.0 Å². The van der Waals surface area contributed by atoms with Crippen molar-refractivity contribution in [3.8, 4) is 5.75 Å². The fourth-order valence-corrected chi connectivity index (χ4v) is 4.98. The number of anilines is 1. The molecule has 0 radical (unpaired) electrons. The number of halogens is 1. The molecule has 1 N–H and O–H groups in total. The summed E-state index contributed by atoms with van der Waals surface area (Å²) in [6, 6.07) is 9.09. The Hall–Kier alpha value is -4.05. The number of aliphatic hydroxyl groups is 1. The Balaban J connectivity index is 1.95. The Bertz CT molecular complexity index is 1400. The highest BCUT2D eigenvalue weighted by atomic mass is 32.1. The highest BCUT2D eigenvalue weighted by Crippen LogP contribution is 2.44. The van der Waals surface area contributed by atoms with E-state index in [9.17, 15) is 23.9 Å². The van der Waals surface area contributed by atoms with Crippen molar-refractivity contribution < 1.29 is 33.4 Å². The number of methoxy groups -OCH3 is 2. The number of aromatic nitrogens is 1. The van der Waals surface area contributed by atoms with Crippen molar-refractivity contribution in [2.24, 2.45) is 0 Å². The Kier molecular flexibility index (Phi) is 6.40. The second-order valence-corrected chi connectivity index (χ2v) is 8.76. The first-order valence-electron chi connectivity index (χ1n) is 10.5. The van der Waals surface area contributed by atoms with Gasteiger partial charge in [0.05, 0.1) is 25.5 Å². The Morgan fingerprint density at radius 3 is 2.49 bits per heavy atom. The van der Waals surface area contributed by atoms with E-state index >= 15 is 0 Å². The van der Waals surface area contributed by atoms with E-state index in [2.05, 4.69) is 4.98 Å². The van der Waals surface area contributed by atoms with Gasteiger partial charge in [-0.1, -0.05) is 29.5 Å². The number of hydrogen-bond donors (Lipinski definition) is 1. The number of aryl methyl sites for hydroxylation is 2. The van der Waals surface area contributed by atoms with Crippen LogP contribution < -0.4 is 9.64 Å². The first kappa shape index (κ1) is 24.1. The summed E-state index contributed by atoms with van der Waals surface area (Å²) in [4.78, 5) is 44.0. The Morgan fingerprint density at radius 2 is 1.86 bits per heavy atom. The standard InChI is InChI=1S/C25H21FN2O6S/c1-12-11-14(9-10-17(12)33-3)20(29)18-19(15-7-5-6-8-16(15)26)28(23(31)21(18)30)25-27-13(2)22(35-25)24(32)34-4/h5-11,19,29H,1-4H3/b20-18+/t19-/m0/s1. The number of benzene rings is 2. The maximum atomic E-state index is 15.0. The predicted octanol–water partition coefficient (Wildman–Crippen LogP) is 4.32. The number of hydrogen-bond acceptors (Lipinski definition) is 8. The van der Waals surface area contributed by atoms with Crippen LogP contribution in [0.3, 0.4) is 0 Å². The lowest BCUT2D eigenvalue weighted by Crippen LogP contribution is -2.29. The number of ketones is 1. The molecule has 1 amide bonds. The van der Waals surface area contributed by atoms with Gasteiger partial charge in [-0.25, -0.2) is 14.2 Å². The van der Waals surface area contributed by atoms with Gasteiger partial charge in [0.2, 0.25) is 0 Å². The van der Waals surface area contributed by atoms with E-state index in [1.54, 1.807) is 32.0 Å². The molecule has 1 atom stereocenters. The zero-order valence-corrected chi connectivity index (χ0v) is 20.1. The van der Waals surface area contributed by atoms with E-state index in [0.717, 1.165) is 16.2 Å². The molecule has 1 aromatic heterocycles. The summed E-state index contributed by atoms with van der Waals surface area (Å²) >= 11 is 0.840. The summed E-state index contributed by atoms with van der Waals surface area (Å²) in [5, 5.41) is 11.2. The number of aliphatic hydroxyl groups excluding tert-OH is 1. The van der Waals surface area contributed by atoms with E-state index in [-0.39, 0.29) is 32.4 Å². The van der Waals surface area contributed by atoms with Crippen molar-refractivity contribution >= 4 is 39.9 Å². The number of ether oxygens (including phenoxy) is 2. The largest absolute Gasteiger partial charge is 0.507 e. The third-order valence-corrected chi connectivity index (χ3v) is 6.81. The van der Waals surface area contributed by atoms with Crippen molar-refractivity contribution in [1.82, 2.24) is 4.98 Å². The van der Waals surface area contributed by atoms with Crippen LogP contribution in [0.1, 0.15) is 38.1 Å². The highest BCUT2D eigenvalue weighted by molar-refractivity contribution is 7.17. The third kappa shape index (κ3) is 4.06. The van der Waals surface area contributed by atoms with Gasteiger partial charge in [0.1, 0.15) is 28.2 Å². The quantitative estimate of drug-likeness (QED) is 0.243. The van der Waals surface area contributed by atoms with Gasteiger partial charge in [-0.05, 0) is 43.7 Å². The van der Waals surface area contributed by atoms with E-state index in [0.29, 0.717) is 11.3 Å². The number of thiazole rings is 1. The molecule has 0 aliphatic carbocycles. The SMILES string of the molecule is COC(=O)c1sc(N2C(=O)C(=O)/C(=C(/O)c3ccc(OC)c(C)c3)[C@@H]2c2ccccc2F)nc1C. The van der Waals surface area contributed by atoms with Crippen molar-refractivity contribution in [2.75, 3.05) is 19.1 Å². The number of amides is 1. The molecule has 4 rings (SSSR count). The highest BCUT2D eigenvalue weighted by Gasteiger charge is 2.49. The lowest BCUT2D eigenvalue weighted by Gasteiger charge is -2.23. The first-order chi connectivity index (χ1) is 16.7. The number of carbonyl (C=O) groups excluding carboxylic acids is 3. The summed E-state index contributed by atoms with van der Waals surface area (Å²) in [5.41, 5.74) is 0.930. The van der Waals surface area contributed by atoms with E-state index in [4.69, 9.17) is 9.47 Å². The van der Waals surface area contributed by atoms with E-state index < -0.39 is 35.3 Å². The molecule has 8 nitrogen and oxygen atoms in total. The minimum Gasteiger partial charge on any atom is -0.507 e. The molecule has 0 saturated carbocycles. The minimum atomic E-state index is -1.31. The van der Waals surface area contributed by atoms with Crippen molar-refractivity contribution in [1.29, 1.82) is 0 Å². The fourth-order valence-electron chi connectivity index (χ4n) is 3.97. The molecule has 1 aliphatic heterocycles. The van der Waals surface area contributed by atoms with Crippen LogP contribution in [0.25, 0.3) is 5.76 Å². The van der Waals surface area contributed by atoms with Gasteiger partial charge >= 0.3 is 11.9 Å². The molecule has 0 unspecified atom stereocenters. The molecule has 0 spiro atoms. The summed E-state index contributed by atoms with van der Waals surface area (Å²) in [5.74, 6) is -3.24. The summed E-state index contributed by atoms with van der Waals surface area (Å²) in [6.07, 6.45) is 0. The summed E-state index contributed by atoms with van der Waals surface area (Å²) in [7, 11) is 2.72. The molecule has 3 aromatic rings. The third-order valence-electron chi connectivity index (χ3n) is 5.67. The second-order valence-electron chi connectivity index (χ2n) is 7.78. The van der Waals surface area contributed by atoms with Gasteiger partial charge in [0, 0.05) is 11.1 Å². The Labute approximate surface area is 204 Å². The van der Waals surface area contributed by atoms with Crippen LogP contribution in [-0.2, 0) is 14.3 Å². The minimum absolute atomic E-state index is 0.00298. The fraction of sp³-hybridized carbons (Fsp3) is 0.200. The lowest BCUT2D eigenvalue weighted by molar-refractivity contribution is -0.132. The molecule has 10 heteroatoms. The number of Topliss-reactive ketones (excluding diaryl/α,β-unsaturated/α-hetero) is 1. The average Bonchev–Trinajstić information content (AvgIpc) is 3.35. The van der Waals surface area contributed by atoms with Gasteiger partial charge in [-0.3, -0.25) is 14.5 Å². The van der Waals surface area contributed by atoms with Gasteiger partial charge < -0.3 is 14.6 Å². The van der Waals surface area contributed by atoms with Gasteiger partial charge in [0.25, 0.3) is 5.78 Å². The van der Waals surface area contributed by atoms with Crippen LogP contribution in [0.4, 0.5) is 9.52 Å².